The molecule has 1 saturated heterocycles. The van der Waals surface area contributed by atoms with Crippen molar-refractivity contribution in [3.8, 4) is 28.7 Å². The van der Waals surface area contributed by atoms with Crippen molar-refractivity contribution in [3.05, 3.63) is 99.9 Å². The summed E-state index contributed by atoms with van der Waals surface area (Å²) in [5, 5.41) is 64.0. The number of nitrogens with two attached hydrogens (primary N) is 2. The van der Waals surface area contributed by atoms with Crippen LogP contribution in [0.5, 0.6) is 28.7 Å². The van der Waals surface area contributed by atoms with Crippen molar-refractivity contribution in [2.75, 3.05) is 26.6 Å². The molecule has 1 unspecified atom stereocenters. The smallest absolute Gasteiger partial charge is 0.317 e. The first kappa shape index (κ1) is 42.7. The van der Waals surface area contributed by atoms with Crippen molar-refractivity contribution in [3.63, 3.8) is 0 Å². The number of carboxylic acids is 1. The van der Waals surface area contributed by atoms with E-state index in [9.17, 15) is 35.1 Å². The van der Waals surface area contributed by atoms with E-state index in [1.165, 1.54) is 0 Å². The number of nitrogens with zero attached hydrogens (tertiary/aromatic N) is 1. The average Bonchev–Trinajstić information content (AvgIpc) is 3.94. The summed E-state index contributed by atoms with van der Waals surface area (Å²) in [5.41, 5.74) is 15.5. The lowest BCUT2D eigenvalue weighted by atomic mass is 9.78. The number of carboxylic acid groups (broad SMARTS) is 1. The lowest BCUT2D eigenvalue weighted by Gasteiger charge is -2.48. The molecule has 9 rings (SSSR count). The lowest BCUT2D eigenvalue weighted by molar-refractivity contribution is -0.851. The maximum atomic E-state index is 12.5. The van der Waals surface area contributed by atoms with Gasteiger partial charge in [-0.3, -0.25) is 19.5 Å². The summed E-state index contributed by atoms with van der Waals surface area (Å²) in [6.07, 6.45) is -6.48. The van der Waals surface area contributed by atoms with Crippen LogP contribution in [0.25, 0.3) is 0 Å². The third-order valence-electron chi connectivity index (χ3n) is 12.5. The number of benzene rings is 3. The summed E-state index contributed by atoms with van der Waals surface area (Å²) in [6.45, 7) is -0.00857. The molecule has 11 N–H and O–H groups in total. The van der Waals surface area contributed by atoms with Gasteiger partial charge >= 0.3 is 11.9 Å². The van der Waals surface area contributed by atoms with E-state index in [2.05, 4.69) is 4.99 Å². The fraction of sp³-hybridized carbons (Fsp3) is 0.432. The Morgan fingerprint density at radius 1 is 1.03 bits per heavy atom. The molecule has 3 aromatic carbocycles. The number of quaternary nitrogens is 1. The average molecular weight is 874 g/mol. The molecule has 0 aliphatic carbocycles. The molecular weight excluding hydrogens is 824 g/mol. The van der Waals surface area contributed by atoms with Gasteiger partial charge in [-0.15, -0.1) is 0 Å². The molecule has 63 heavy (non-hydrogen) atoms. The van der Waals surface area contributed by atoms with Crippen LogP contribution in [0.4, 0.5) is 0 Å². The zero-order chi connectivity index (χ0) is 44.2. The van der Waals surface area contributed by atoms with Crippen LogP contribution in [0.3, 0.4) is 0 Å². The van der Waals surface area contributed by atoms with Crippen LogP contribution < -0.4 is 40.1 Å². The highest BCUT2D eigenvalue weighted by atomic mass is 16.7. The number of hydrogen-bond donors (Lipinski definition) is 9. The molecular formula is C44H49N4O15+. The van der Waals surface area contributed by atoms with Crippen molar-refractivity contribution in [2.45, 2.75) is 92.8 Å². The Bertz CT molecular complexity index is 2360. The van der Waals surface area contributed by atoms with Gasteiger partial charge in [0, 0.05) is 46.5 Å². The standard InChI is InChI=1S/C44H48N4O15/c45-42(46)40(61-32(53)16-31(51)52)39-35(54)41(55)44(56)10-8-23-25(18-48-17-22-9-11-47-26(22)19-48)34-30(15-28(23)60-43(44)63-39)59-29(14-21-4-2-1-3-5-21)33-24-6-7-27(58-20-50)37(57-13-12-49)36(24)62-38(33)34/h1-7,9,11,15,19,29,33,35,38-43,49-50,54-56H,8,10,12-14,16-18,20,45-46H2,(H,51,52)/p+1/t29-,33+,35+,38+,39-,40+,41-,43+,44+/m0/s1. The van der Waals surface area contributed by atoms with Gasteiger partial charge in [-0.25, -0.2) is 0 Å². The third kappa shape index (κ3) is 7.78. The highest BCUT2D eigenvalue weighted by Gasteiger charge is 2.60. The van der Waals surface area contributed by atoms with Crippen molar-refractivity contribution < 1.29 is 78.3 Å². The van der Waals surface area contributed by atoms with E-state index in [0.717, 1.165) is 32.9 Å². The number of fused-ring (bicyclic) bond motifs is 8. The number of aliphatic carboxylic acids is 1. The predicted molar refractivity (Wildman–Crippen MR) is 217 cm³/mol. The van der Waals surface area contributed by atoms with Gasteiger partial charge in [-0.05, 0) is 30.5 Å². The fourth-order valence-electron chi connectivity index (χ4n) is 9.62. The second-order valence-electron chi connectivity index (χ2n) is 16.4. The van der Waals surface area contributed by atoms with E-state index in [0.29, 0.717) is 42.1 Å². The summed E-state index contributed by atoms with van der Waals surface area (Å²) < 4.78 is 43.6. The number of nitrogens with one attached hydrogen (secondary N) is 1. The number of carbonyl (C=O) groups excluding carboxylic acids is 1. The van der Waals surface area contributed by atoms with Crippen molar-refractivity contribution in [1.82, 2.24) is 0 Å². The fourth-order valence-corrected chi connectivity index (χ4v) is 9.62. The second-order valence-corrected chi connectivity index (χ2v) is 16.4. The van der Waals surface area contributed by atoms with Gasteiger partial charge in [-0.2, -0.15) is 0 Å². The van der Waals surface area contributed by atoms with Crippen LogP contribution >= 0.6 is 0 Å². The van der Waals surface area contributed by atoms with Gasteiger partial charge in [0.05, 0.1) is 18.7 Å². The predicted octanol–water partition coefficient (Wildman–Crippen LogP) is -1.01. The van der Waals surface area contributed by atoms with Crippen LogP contribution in [-0.2, 0) is 38.4 Å². The van der Waals surface area contributed by atoms with Crippen LogP contribution in [0.2, 0.25) is 0 Å². The molecule has 6 heterocycles. The summed E-state index contributed by atoms with van der Waals surface area (Å²) >= 11 is 0. The normalized spacial score (nSPS) is 28.9. The van der Waals surface area contributed by atoms with E-state index in [-0.39, 0.29) is 43.3 Å². The third-order valence-corrected chi connectivity index (χ3v) is 12.5. The van der Waals surface area contributed by atoms with Crippen LogP contribution in [0.1, 0.15) is 52.7 Å². The first-order chi connectivity index (χ1) is 30.4. The first-order valence-electron chi connectivity index (χ1n) is 20.7. The van der Waals surface area contributed by atoms with Crippen LogP contribution in [0.15, 0.2) is 77.1 Å². The van der Waals surface area contributed by atoms with Gasteiger partial charge in [0.25, 0.3) is 0 Å². The van der Waals surface area contributed by atoms with E-state index in [4.69, 9.17) is 49.7 Å². The van der Waals surface area contributed by atoms with Crippen molar-refractivity contribution in [2.24, 2.45) is 16.5 Å². The Labute approximate surface area is 360 Å². The topological polar surface area (TPSA) is 289 Å². The number of hydrogen-bond acceptors (Lipinski definition) is 17. The number of esters is 1. The molecule has 0 amide bonds. The van der Waals surface area contributed by atoms with E-state index in [1.54, 1.807) is 18.3 Å². The summed E-state index contributed by atoms with van der Waals surface area (Å²) in [5.74, 6) is -1.65. The molecule has 1 fully saturated rings. The van der Waals surface area contributed by atoms with Gasteiger partial charge < -0.3 is 75.3 Å². The number of carbonyl (C=O) groups is 2. The monoisotopic (exact) mass is 873 g/mol. The van der Waals surface area contributed by atoms with E-state index in [1.807, 2.05) is 48.7 Å². The van der Waals surface area contributed by atoms with E-state index >= 15 is 0 Å². The molecule has 0 radical (unpaired) electrons. The molecule has 0 bridgehead atoms. The Balaban J connectivity index is 1.16. The quantitative estimate of drug-likeness (QED) is 0.0533. The minimum absolute atomic E-state index is 0.0742. The number of aliphatic imine (C=N–C) groups is 1. The number of ether oxygens (including phenoxy) is 7. The summed E-state index contributed by atoms with van der Waals surface area (Å²) in [4.78, 5) is 29.3. The number of allylic oxidation sites excluding steroid dienone is 1. The maximum Gasteiger partial charge on any atom is 0.317 e. The molecule has 3 aromatic rings. The Morgan fingerprint density at radius 2 is 1.84 bits per heavy atom. The van der Waals surface area contributed by atoms with Gasteiger partial charge in [0.1, 0.15) is 80.0 Å². The molecule has 19 heteroatoms. The second kappa shape index (κ2) is 17.2. The van der Waals surface area contributed by atoms with Gasteiger partial charge in [-0.1, -0.05) is 36.4 Å². The largest absolute Gasteiger partial charge is 0.489 e. The minimum atomic E-state index is -2.23. The Kier molecular flexibility index (Phi) is 11.6. The van der Waals surface area contributed by atoms with Gasteiger partial charge in [0.2, 0.25) is 12.0 Å². The van der Waals surface area contributed by atoms with Gasteiger partial charge in [0.15, 0.2) is 30.0 Å². The van der Waals surface area contributed by atoms with E-state index < -0.39 is 85.8 Å². The Hall–Kier alpha value is -5.61. The zero-order valence-corrected chi connectivity index (χ0v) is 33.9. The number of aliphatic hydroxyl groups excluding tert-OH is 4. The molecule has 0 spiro atoms. The Morgan fingerprint density at radius 3 is 2.57 bits per heavy atom. The van der Waals surface area contributed by atoms with Crippen molar-refractivity contribution in [1.29, 1.82) is 0 Å². The zero-order valence-electron chi connectivity index (χ0n) is 33.9. The molecule has 10 atom stereocenters. The number of aliphatic hydroxyl groups is 5. The first-order valence-corrected chi connectivity index (χ1v) is 20.7. The van der Waals surface area contributed by atoms with Crippen LogP contribution in [0, 0.1) is 0 Å². The molecule has 6 aliphatic heterocycles. The highest BCUT2D eigenvalue weighted by Crippen LogP contribution is 2.60. The molecule has 6 aliphatic rings. The molecule has 0 aromatic heterocycles. The van der Waals surface area contributed by atoms with Crippen molar-refractivity contribution >= 4 is 18.2 Å². The summed E-state index contributed by atoms with van der Waals surface area (Å²) in [7, 11) is 0. The SMILES string of the molecule is NC(N)[C@H](OC(=O)CC(=O)O)[C@H]1O[C@H]2Oc3cc4c(c(C[NH+]5C=C6N=CC=C6C5)c3CC[C@@]2(O)[C@@H](O)[C@@H]1O)[C@@H]1Oc2c(ccc(OCO)c2OCCO)[C@@H]1[C@H](Cc1ccccc1)O4. The van der Waals surface area contributed by atoms with Crippen LogP contribution in [-0.4, -0.2) is 124 Å². The maximum absolute atomic E-state index is 12.5. The molecule has 334 valence electrons. The minimum Gasteiger partial charge on any atom is -0.489 e. The summed E-state index contributed by atoms with van der Waals surface area (Å²) in [6, 6.07) is 15.0. The molecule has 0 saturated carbocycles. The molecule has 19 nitrogen and oxygen atoms in total. The lowest BCUT2D eigenvalue weighted by Crippen LogP contribution is -3.05. The highest BCUT2D eigenvalue weighted by molar-refractivity contribution is 5.90. The number of rotatable bonds is 14.